The second kappa shape index (κ2) is 13.6. The lowest BCUT2D eigenvalue weighted by molar-refractivity contribution is -0.154. The highest BCUT2D eigenvalue weighted by Gasteiger charge is 2.35. The molecule has 1 aromatic heterocycles. The normalized spacial score (nSPS) is 22.0. The molecule has 0 spiro atoms. The van der Waals surface area contributed by atoms with Crippen molar-refractivity contribution >= 4 is 29.4 Å². The van der Waals surface area contributed by atoms with E-state index in [9.17, 15) is 14.4 Å². The van der Waals surface area contributed by atoms with E-state index in [2.05, 4.69) is 24.1 Å². The third-order valence-corrected chi connectivity index (χ3v) is 7.12. The number of pyridine rings is 1. The van der Waals surface area contributed by atoms with Crippen LogP contribution >= 0.6 is 11.6 Å². The maximum atomic E-state index is 13.2. The van der Waals surface area contributed by atoms with Gasteiger partial charge in [-0.3, -0.25) is 9.59 Å². The number of ether oxygens (including phenoxy) is 3. The topological polar surface area (TPSA) is 104 Å². The molecule has 8 nitrogen and oxygen atoms in total. The molecule has 1 amide bonds. The van der Waals surface area contributed by atoms with Crippen molar-refractivity contribution in [3.63, 3.8) is 0 Å². The molecule has 1 saturated heterocycles. The second-order valence-corrected chi connectivity index (χ2v) is 10.7. The monoisotopic (exact) mass is 544 g/mol. The molecular formula is C29H37ClN2O6. The number of esters is 2. The molecule has 0 radical (unpaired) electrons. The van der Waals surface area contributed by atoms with Crippen LogP contribution in [0.25, 0.3) is 0 Å². The molecule has 0 bridgehead atoms. The molecule has 1 aliphatic rings. The van der Waals surface area contributed by atoms with Crippen molar-refractivity contribution in [2.45, 2.75) is 71.9 Å². The van der Waals surface area contributed by atoms with Crippen LogP contribution in [0.5, 0.6) is 11.5 Å². The quantitative estimate of drug-likeness (QED) is 0.443. The van der Waals surface area contributed by atoms with Gasteiger partial charge in [0.2, 0.25) is 5.75 Å². The van der Waals surface area contributed by atoms with Gasteiger partial charge in [-0.15, -0.1) is 0 Å². The summed E-state index contributed by atoms with van der Waals surface area (Å²) in [6.45, 7) is 7.50. The van der Waals surface area contributed by atoms with Crippen LogP contribution in [0.1, 0.15) is 69.4 Å². The average Bonchev–Trinajstić information content (AvgIpc) is 2.90. The van der Waals surface area contributed by atoms with E-state index < -0.39 is 23.9 Å². The first-order valence-electron chi connectivity index (χ1n) is 13.1. The summed E-state index contributed by atoms with van der Waals surface area (Å²) in [5, 5.41) is 3.45. The van der Waals surface area contributed by atoms with Gasteiger partial charge >= 0.3 is 11.9 Å². The Morgan fingerprint density at radius 2 is 1.89 bits per heavy atom. The zero-order valence-electron chi connectivity index (χ0n) is 22.7. The molecule has 0 unspecified atom stereocenters. The maximum absolute atomic E-state index is 13.2. The van der Waals surface area contributed by atoms with Crippen LogP contribution in [0.3, 0.4) is 0 Å². The minimum Gasteiger partial charge on any atom is -0.493 e. The first-order chi connectivity index (χ1) is 18.1. The molecular weight excluding hydrogens is 508 g/mol. The molecule has 2 heterocycles. The van der Waals surface area contributed by atoms with Gasteiger partial charge in [0, 0.05) is 24.2 Å². The lowest BCUT2D eigenvalue weighted by Gasteiger charge is -2.32. The predicted octanol–water partition coefficient (Wildman–Crippen LogP) is 5.40. The molecule has 3 rings (SSSR count). The van der Waals surface area contributed by atoms with Crippen molar-refractivity contribution < 1.29 is 28.6 Å². The number of rotatable bonds is 8. The van der Waals surface area contributed by atoms with Gasteiger partial charge < -0.3 is 19.5 Å². The van der Waals surface area contributed by atoms with Crippen molar-refractivity contribution in [1.82, 2.24) is 10.3 Å². The van der Waals surface area contributed by atoms with Gasteiger partial charge in [0.1, 0.15) is 12.1 Å². The highest BCUT2D eigenvalue weighted by atomic mass is 35.5. The summed E-state index contributed by atoms with van der Waals surface area (Å²) >= 11 is 6.09. The number of nitrogens with one attached hydrogen (secondary N) is 1. The number of hydrogen-bond donors (Lipinski definition) is 1. The van der Waals surface area contributed by atoms with Gasteiger partial charge in [-0.25, -0.2) is 9.78 Å². The van der Waals surface area contributed by atoms with Gasteiger partial charge in [-0.1, -0.05) is 44.0 Å². The first kappa shape index (κ1) is 29.4. The molecule has 0 saturated carbocycles. The third kappa shape index (κ3) is 7.93. The number of carbonyl (C=O) groups is 3. The summed E-state index contributed by atoms with van der Waals surface area (Å²) in [6.07, 6.45) is 4.84. The standard InChI is InChI=1S/C29H37ClN2O6/c1-17(2)15-23-18(3)37-29(35)24(8-6-7-21(23)16-20-9-11-22(30)12-10-20)32-28(34)26-27(38-19(4)33)25(36-5)13-14-31-26/h9-14,17-18,21,23-24H,6-8,15-16H2,1-5H3,(H,32,34)/t18-,21+,23-,24-/m0/s1. The Balaban J connectivity index is 1.81. The number of benzene rings is 1. The number of aromatic nitrogens is 1. The fourth-order valence-electron chi connectivity index (χ4n) is 5.11. The molecule has 1 aliphatic heterocycles. The number of nitrogens with zero attached hydrogens (tertiary/aromatic N) is 1. The van der Waals surface area contributed by atoms with Crippen LogP contribution in [0.4, 0.5) is 0 Å². The zero-order chi connectivity index (χ0) is 27.8. The number of amides is 1. The lowest BCUT2D eigenvalue weighted by atomic mass is 9.76. The number of methoxy groups -OCH3 is 1. The minimum atomic E-state index is -0.864. The van der Waals surface area contributed by atoms with Gasteiger partial charge in [-0.2, -0.15) is 0 Å². The smallest absolute Gasteiger partial charge is 0.328 e. The van der Waals surface area contributed by atoms with E-state index in [1.165, 1.54) is 31.9 Å². The molecule has 1 fully saturated rings. The Labute approximate surface area is 229 Å². The Morgan fingerprint density at radius 3 is 2.53 bits per heavy atom. The lowest BCUT2D eigenvalue weighted by Crippen LogP contribution is -2.43. The Kier molecular flexibility index (Phi) is 10.5. The van der Waals surface area contributed by atoms with Crippen molar-refractivity contribution in [1.29, 1.82) is 0 Å². The summed E-state index contributed by atoms with van der Waals surface area (Å²) in [7, 11) is 1.40. The number of hydrogen-bond acceptors (Lipinski definition) is 7. The Hall–Kier alpha value is -3.13. The van der Waals surface area contributed by atoms with E-state index in [4.69, 9.17) is 25.8 Å². The summed E-state index contributed by atoms with van der Waals surface area (Å²) in [6, 6.07) is 8.51. The van der Waals surface area contributed by atoms with E-state index in [0.29, 0.717) is 23.3 Å². The highest BCUT2D eigenvalue weighted by molar-refractivity contribution is 6.30. The van der Waals surface area contributed by atoms with Crippen molar-refractivity contribution in [2.24, 2.45) is 17.8 Å². The van der Waals surface area contributed by atoms with E-state index >= 15 is 0 Å². The van der Waals surface area contributed by atoms with E-state index in [-0.39, 0.29) is 29.2 Å². The van der Waals surface area contributed by atoms with E-state index in [0.717, 1.165) is 25.7 Å². The number of carbonyl (C=O) groups excluding carboxylic acids is 3. The summed E-state index contributed by atoms with van der Waals surface area (Å²) in [4.78, 5) is 42.1. The number of cyclic esters (lactones) is 1. The van der Waals surface area contributed by atoms with Crippen LogP contribution in [0.15, 0.2) is 36.5 Å². The Bertz CT molecular complexity index is 1120. The molecule has 2 aromatic rings. The van der Waals surface area contributed by atoms with Crippen LogP contribution in [0, 0.1) is 17.8 Å². The molecule has 1 N–H and O–H groups in total. The van der Waals surface area contributed by atoms with Gasteiger partial charge in [0.05, 0.1) is 7.11 Å². The third-order valence-electron chi connectivity index (χ3n) is 6.87. The number of halogens is 1. The predicted molar refractivity (Wildman–Crippen MR) is 144 cm³/mol. The molecule has 38 heavy (non-hydrogen) atoms. The second-order valence-electron chi connectivity index (χ2n) is 10.3. The van der Waals surface area contributed by atoms with Crippen molar-refractivity contribution in [3.05, 3.63) is 52.8 Å². The summed E-state index contributed by atoms with van der Waals surface area (Å²) in [5.41, 5.74) is 1.05. The van der Waals surface area contributed by atoms with Crippen LogP contribution < -0.4 is 14.8 Å². The molecule has 0 aliphatic carbocycles. The van der Waals surface area contributed by atoms with Gasteiger partial charge in [-0.05, 0) is 68.1 Å². The van der Waals surface area contributed by atoms with Gasteiger partial charge in [0.15, 0.2) is 11.4 Å². The van der Waals surface area contributed by atoms with Gasteiger partial charge in [0.25, 0.3) is 5.91 Å². The van der Waals surface area contributed by atoms with Crippen molar-refractivity contribution in [3.8, 4) is 11.5 Å². The fourth-order valence-corrected chi connectivity index (χ4v) is 5.24. The molecule has 206 valence electrons. The maximum Gasteiger partial charge on any atom is 0.328 e. The van der Waals surface area contributed by atoms with Crippen LogP contribution in [-0.2, 0) is 20.7 Å². The van der Waals surface area contributed by atoms with Crippen LogP contribution in [0.2, 0.25) is 5.02 Å². The largest absolute Gasteiger partial charge is 0.493 e. The summed E-state index contributed by atoms with van der Waals surface area (Å²) < 4.78 is 16.4. The zero-order valence-corrected chi connectivity index (χ0v) is 23.4. The first-order valence-corrected chi connectivity index (χ1v) is 13.4. The Morgan fingerprint density at radius 1 is 1.18 bits per heavy atom. The SMILES string of the molecule is COc1ccnc(C(=O)N[C@H]2CCC[C@H](Cc3ccc(Cl)cc3)[C@@H](CC(C)C)[C@H](C)OC2=O)c1OC(C)=O. The molecule has 1 aromatic carbocycles. The van der Waals surface area contributed by atoms with Crippen LogP contribution in [-0.4, -0.2) is 42.1 Å². The fraction of sp³-hybridized carbons (Fsp3) is 0.517. The molecule has 4 atom stereocenters. The van der Waals surface area contributed by atoms with E-state index in [1.54, 1.807) is 0 Å². The minimum absolute atomic E-state index is 0.0928. The summed E-state index contributed by atoms with van der Waals surface area (Å²) in [5.74, 6) is -0.759. The highest BCUT2D eigenvalue weighted by Crippen LogP contribution is 2.35. The van der Waals surface area contributed by atoms with E-state index in [1.807, 2.05) is 31.2 Å². The van der Waals surface area contributed by atoms with Crippen molar-refractivity contribution in [2.75, 3.05) is 7.11 Å². The average molecular weight is 545 g/mol. The molecule has 9 heteroatoms.